The van der Waals surface area contributed by atoms with Crippen molar-refractivity contribution < 1.29 is 0 Å². The van der Waals surface area contributed by atoms with Crippen molar-refractivity contribution >= 4 is 5.69 Å². The minimum absolute atomic E-state index is 0.595. The number of anilines is 1. The first-order chi connectivity index (χ1) is 8.31. The zero-order chi connectivity index (χ0) is 12.1. The predicted molar refractivity (Wildman–Crippen MR) is 62.1 cm³/mol. The molecule has 0 saturated heterocycles. The highest BCUT2D eigenvalue weighted by atomic mass is 15.2. The third kappa shape index (κ3) is 2.58. The van der Waals surface area contributed by atoms with Gasteiger partial charge in [-0.15, -0.1) is 10.2 Å². The molecule has 0 fully saturated rings. The Balaban J connectivity index is 1.95. The van der Waals surface area contributed by atoms with Gasteiger partial charge in [-0.1, -0.05) is 0 Å². The summed E-state index contributed by atoms with van der Waals surface area (Å²) in [6.45, 7) is 0.687. The quantitative estimate of drug-likeness (QED) is 0.834. The molecule has 2 aromatic heterocycles. The lowest BCUT2D eigenvalue weighted by atomic mass is 10.2. The summed E-state index contributed by atoms with van der Waals surface area (Å²) in [6.07, 6.45) is 5.66. The van der Waals surface area contributed by atoms with E-state index in [1.165, 1.54) is 0 Å². The lowest BCUT2D eigenvalue weighted by Crippen LogP contribution is -2.09. The van der Waals surface area contributed by atoms with Gasteiger partial charge in [-0.05, 0) is 6.07 Å². The van der Waals surface area contributed by atoms with Crippen LogP contribution < -0.4 is 5.32 Å². The van der Waals surface area contributed by atoms with Gasteiger partial charge < -0.3 is 9.88 Å². The molecule has 0 amide bonds. The Hall–Kier alpha value is -2.42. The number of hydrogen-bond acceptors (Lipinski definition) is 5. The molecule has 0 aliphatic carbocycles. The molecule has 2 aromatic rings. The highest BCUT2D eigenvalue weighted by Gasteiger charge is 2.02. The number of pyridine rings is 1. The lowest BCUT2D eigenvalue weighted by molar-refractivity contribution is 0.788. The van der Waals surface area contributed by atoms with Gasteiger partial charge in [0.05, 0.1) is 17.4 Å². The maximum Gasteiger partial charge on any atom is 0.134 e. The molecular formula is C11H12N6. The Morgan fingerprint density at radius 1 is 1.53 bits per heavy atom. The van der Waals surface area contributed by atoms with E-state index in [9.17, 15) is 0 Å². The van der Waals surface area contributed by atoms with Gasteiger partial charge in [-0.25, -0.2) is 0 Å². The Bertz CT molecular complexity index is 539. The Morgan fingerprint density at radius 3 is 3.12 bits per heavy atom. The first-order valence-corrected chi connectivity index (χ1v) is 5.22. The fourth-order valence-corrected chi connectivity index (χ4v) is 1.48. The molecule has 0 atom stereocenters. The van der Waals surface area contributed by atoms with Crippen molar-refractivity contribution in [1.29, 1.82) is 5.26 Å². The van der Waals surface area contributed by atoms with Crippen LogP contribution >= 0.6 is 0 Å². The van der Waals surface area contributed by atoms with E-state index < -0.39 is 0 Å². The van der Waals surface area contributed by atoms with Crippen LogP contribution in [0.2, 0.25) is 0 Å². The smallest absolute Gasteiger partial charge is 0.134 e. The van der Waals surface area contributed by atoms with E-state index in [2.05, 4.69) is 26.6 Å². The number of nitrogens with zero attached hydrogens (tertiary/aromatic N) is 5. The number of nitriles is 1. The first kappa shape index (κ1) is 11.1. The number of aryl methyl sites for hydroxylation is 1. The van der Waals surface area contributed by atoms with Crippen LogP contribution in [0, 0.1) is 11.3 Å². The van der Waals surface area contributed by atoms with Crippen LogP contribution in [0.5, 0.6) is 0 Å². The topological polar surface area (TPSA) is 79.4 Å². The molecule has 0 aromatic carbocycles. The molecule has 0 spiro atoms. The number of hydrogen-bond donors (Lipinski definition) is 1. The third-order valence-corrected chi connectivity index (χ3v) is 2.41. The van der Waals surface area contributed by atoms with Gasteiger partial charge in [0.15, 0.2) is 0 Å². The average molecular weight is 228 g/mol. The molecule has 2 heterocycles. The van der Waals surface area contributed by atoms with Gasteiger partial charge in [0.1, 0.15) is 18.2 Å². The largest absolute Gasteiger partial charge is 0.382 e. The summed E-state index contributed by atoms with van der Waals surface area (Å²) in [5.74, 6) is 0.903. The molecule has 0 radical (unpaired) electrons. The molecule has 0 aliphatic heterocycles. The fraction of sp³-hybridized carbons (Fsp3) is 0.273. The summed E-state index contributed by atoms with van der Waals surface area (Å²) < 4.78 is 1.87. The minimum atomic E-state index is 0.595. The van der Waals surface area contributed by atoms with Gasteiger partial charge in [-0.3, -0.25) is 4.98 Å². The number of aromatic nitrogens is 4. The third-order valence-electron chi connectivity index (χ3n) is 2.41. The van der Waals surface area contributed by atoms with Crippen LogP contribution in [0.4, 0.5) is 5.69 Å². The molecule has 86 valence electrons. The van der Waals surface area contributed by atoms with Crippen molar-refractivity contribution in [3.8, 4) is 6.07 Å². The molecule has 0 saturated carbocycles. The van der Waals surface area contributed by atoms with Crippen LogP contribution in [0.1, 0.15) is 11.4 Å². The highest BCUT2D eigenvalue weighted by molar-refractivity contribution is 5.55. The average Bonchev–Trinajstić information content (AvgIpc) is 2.76. The van der Waals surface area contributed by atoms with Gasteiger partial charge in [0.2, 0.25) is 0 Å². The van der Waals surface area contributed by atoms with E-state index in [1.807, 2.05) is 11.6 Å². The van der Waals surface area contributed by atoms with Gasteiger partial charge >= 0.3 is 0 Å². The SMILES string of the molecule is Cn1cnnc1CCNc1cnccc1C#N. The van der Waals surface area contributed by atoms with E-state index >= 15 is 0 Å². The minimum Gasteiger partial charge on any atom is -0.382 e. The molecule has 6 nitrogen and oxygen atoms in total. The summed E-state index contributed by atoms with van der Waals surface area (Å²) in [6, 6.07) is 3.80. The van der Waals surface area contributed by atoms with Crippen molar-refractivity contribution in [2.45, 2.75) is 6.42 Å². The van der Waals surface area contributed by atoms with Crippen molar-refractivity contribution in [2.24, 2.45) is 7.05 Å². The number of rotatable bonds is 4. The molecule has 17 heavy (non-hydrogen) atoms. The fourth-order valence-electron chi connectivity index (χ4n) is 1.48. The standard InChI is InChI=1S/C11H12N6/c1-17-8-15-16-11(17)3-5-14-10-7-13-4-2-9(10)6-12/h2,4,7-8,14H,3,5H2,1H3. The second-order valence-corrected chi connectivity index (χ2v) is 3.57. The molecular weight excluding hydrogens is 216 g/mol. The normalized spacial score (nSPS) is 9.88. The summed E-state index contributed by atoms with van der Waals surface area (Å²) >= 11 is 0. The molecule has 0 aliphatic rings. The van der Waals surface area contributed by atoms with E-state index in [-0.39, 0.29) is 0 Å². The Kier molecular flexibility index (Phi) is 3.31. The highest BCUT2D eigenvalue weighted by Crippen LogP contribution is 2.11. The summed E-state index contributed by atoms with van der Waals surface area (Å²) in [5.41, 5.74) is 1.34. The van der Waals surface area contributed by atoms with Gasteiger partial charge in [-0.2, -0.15) is 5.26 Å². The Morgan fingerprint density at radius 2 is 2.41 bits per heavy atom. The predicted octanol–water partition coefficient (Wildman–Crippen LogP) is 0.736. The van der Waals surface area contributed by atoms with Crippen molar-refractivity contribution in [3.63, 3.8) is 0 Å². The second kappa shape index (κ2) is 5.07. The van der Waals surface area contributed by atoms with Crippen LogP contribution in [0.15, 0.2) is 24.8 Å². The van der Waals surface area contributed by atoms with E-state index in [1.54, 1.807) is 24.8 Å². The van der Waals surface area contributed by atoms with Crippen molar-refractivity contribution in [1.82, 2.24) is 19.7 Å². The zero-order valence-corrected chi connectivity index (χ0v) is 9.46. The molecule has 0 unspecified atom stereocenters. The summed E-state index contributed by atoms with van der Waals surface area (Å²) in [4.78, 5) is 3.98. The maximum atomic E-state index is 8.90. The van der Waals surface area contributed by atoms with Crippen LogP contribution in [0.25, 0.3) is 0 Å². The lowest BCUT2D eigenvalue weighted by Gasteiger charge is -2.06. The monoisotopic (exact) mass is 228 g/mol. The van der Waals surface area contributed by atoms with E-state index in [0.717, 1.165) is 17.9 Å². The Labute approximate surface area is 98.9 Å². The van der Waals surface area contributed by atoms with E-state index in [4.69, 9.17) is 5.26 Å². The molecule has 0 bridgehead atoms. The van der Waals surface area contributed by atoms with E-state index in [0.29, 0.717) is 12.1 Å². The van der Waals surface area contributed by atoms with Crippen molar-refractivity contribution in [2.75, 3.05) is 11.9 Å². The zero-order valence-electron chi connectivity index (χ0n) is 9.46. The van der Waals surface area contributed by atoms with Crippen LogP contribution in [-0.2, 0) is 13.5 Å². The molecule has 2 rings (SSSR count). The maximum absolute atomic E-state index is 8.90. The molecule has 1 N–H and O–H groups in total. The van der Waals surface area contributed by atoms with Crippen LogP contribution in [-0.4, -0.2) is 26.3 Å². The van der Waals surface area contributed by atoms with Crippen molar-refractivity contribution in [3.05, 3.63) is 36.2 Å². The van der Waals surface area contributed by atoms with Gasteiger partial charge in [0.25, 0.3) is 0 Å². The summed E-state index contributed by atoms with van der Waals surface area (Å²) in [5, 5.41) is 19.8. The van der Waals surface area contributed by atoms with Gasteiger partial charge in [0, 0.05) is 26.2 Å². The molecule has 6 heteroatoms. The van der Waals surface area contributed by atoms with Crippen LogP contribution in [0.3, 0.4) is 0 Å². The second-order valence-electron chi connectivity index (χ2n) is 3.57. The number of nitrogens with one attached hydrogen (secondary N) is 1. The first-order valence-electron chi connectivity index (χ1n) is 5.22. The summed E-state index contributed by atoms with van der Waals surface area (Å²) in [7, 11) is 1.90.